The average molecular weight is 592 g/mol. The molecule has 13 nitrogen and oxygen atoms in total. The third-order valence-corrected chi connectivity index (χ3v) is 8.16. The molecule has 1 fully saturated rings. The minimum Gasteiger partial charge on any atom is -0.465 e. The first kappa shape index (κ1) is 27.1. The molecule has 1 aliphatic heterocycles. The average Bonchev–Trinajstić information content (AvgIpc) is 3.85. The number of fused-ring (bicyclic) bond motifs is 3. The molecule has 6 aromatic rings. The Morgan fingerprint density at radius 2 is 1.68 bits per heavy atom. The summed E-state index contributed by atoms with van der Waals surface area (Å²) in [6.07, 6.45) is 3.18. The van der Waals surface area contributed by atoms with Crippen LogP contribution in [0.1, 0.15) is 22.8 Å². The Bertz CT molecular complexity index is 1990. The van der Waals surface area contributed by atoms with Crippen LogP contribution in [0, 0.1) is 0 Å². The number of ether oxygens (including phenoxy) is 1. The van der Waals surface area contributed by atoms with Gasteiger partial charge in [-0.05, 0) is 36.8 Å². The second-order valence-corrected chi connectivity index (χ2v) is 10.6. The van der Waals surface area contributed by atoms with Crippen molar-refractivity contribution in [2.24, 2.45) is 0 Å². The monoisotopic (exact) mass is 591 g/mol. The Morgan fingerprint density at radius 1 is 0.932 bits per heavy atom. The Morgan fingerprint density at radius 3 is 2.41 bits per heavy atom. The SMILES string of the molecule is COC(=O)c1ccccc1N1CCN(C(=O)C(C)(c2ccccc2)n2ncc3c2nc(N)n2nc(-c4ccco4)nc32)CC1. The number of anilines is 2. The van der Waals surface area contributed by atoms with E-state index in [4.69, 9.17) is 20.0 Å². The summed E-state index contributed by atoms with van der Waals surface area (Å²) in [4.78, 5) is 40.2. The predicted molar refractivity (Wildman–Crippen MR) is 162 cm³/mol. The zero-order chi connectivity index (χ0) is 30.4. The molecule has 1 amide bonds. The fraction of sp³-hybridized carbons (Fsp3) is 0.226. The van der Waals surface area contributed by atoms with Gasteiger partial charge in [0.1, 0.15) is 0 Å². The van der Waals surface area contributed by atoms with E-state index in [1.165, 1.54) is 11.6 Å². The van der Waals surface area contributed by atoms with Crippen LogP contribution in [-0.4, -0.2) is 79.4 Å². The maximum atomic E-state index is 14.6. The van der Waals surface area contributed by atoms with Crippen molar-refractivity contribution >= 4 is 40.2 Å². The summed E-state index contributed by atoms with van der Waals surface area (Å²) in [5.74, 6) is 0.405. The number of esters is 1. The third kappa shape index (κ3) is 4.23. The van der Waals surface area contributed by atoms with Crippen LogP contribution in [0.3, 0.4) is 0 Å². The second-order valence-electron chi connectivity index (χ2n) is 10.6. The van der Waals surface area contributed by atoms with Crippen LogP contribution in [-0.2, 0) is 15.1 Å². The lowest BCUT2D eigenvalue weighted by molar-refractivity contribution is -0.138. The number of nitrogens with zero attached hydrogens (tertiary/aromatic N) is 8. The number of aromatic nitrogens is 6. The van der Waals surface area contributed by atoms with Gasteiger partial charge in [-0.15, -0.1) is 5.10 Å². The van der Waals surface area contributed by atoms with E-state index in [9.17, 15) is 9.59 Å². The van der Waals surface area contributed by atoms with Gasteiger partial charge in [0.2, 0.25) is 11.8 Å². The topological polar surface area (TPSA) is 150 Å². The van der Waals surface area contributed by atoms with Crippen molar-refractivity contribution in [2.45, 2.75) is 12.5 Å². The molecule has 7 rings (SSSR count). The number of nitrogen functional groups attached to an aromatic ring is 1. The summed E-state index contributed by atoms with van der Waals surface area (Å²) in [7, 11) is 1.37. The van der Waals surface area contributed by atoms with Gasteiger partial charge >= 0.3 is 5.97 Å². The van der Waals surface area contributed by atoms with E-state index in [0.29, 0.717) is 60.0 Å². The molecule has 44 heavy (non-hydrogen) atoms. The number of nitrogens with two attached hydrogens (primary N) is 1. The first-order valence-corrected chi connectivity index (χ1v) is 14.1. The highest BCUT2D eigenvalue weighted by atomic mass is 16.5. The number of methoxy groups -OCH3 is 1. The van der Waals surface area contributed by atoms with Gasteiger partial charge in [-0.2, -0.15) is 14.6 Å². The summed E-state index contributed by atoms with van der Waals surface area (Å²) in [5.41, 5.74) is 7.97. The van der Waals surface area contributed by atoms with Crippen LogP contribution in [0.5, 0.6) is 0 Å². The number of hydrogen-bond acceptors (Lipinski definition) is 10. The Kier molecular flexibility index (Phi) is 6.49. The van der Waals surface area contributed by atoms with Crippen molar-refractivity contribution in [3.05, 3.63) is 90.3 Å². The van der Waals surface area contributed by atoms with E-state index in [1.54, 1.807) is 41.4 Å². The molecule has 1 unspecified atom stereocenters. The van der Waals surface area contributed by atoms with Crippen LogP contribution < -0.4 is 10.6 Å². The molecule has 1 saturated heterocycles. The summed E-state index contributed by atoms with van der Waals surface area (Å²) >= 11 is 0. The number of para-hydroxylation sites is 1. The van der Waals surface area contributed by atoms with Gasteiger partial charge in [-0.25, -0.2) is 14.5 Å². The van der Waals surface area contributed by atoms with Gasteiger partial charge in [-0.3, -0.25) is 4.79 Å². The van der Waals surface area contributed by atoms with Gasteiger partial charge in [0.05, 0.1) is 36.2 Å². The van der Waals surface area contributed by atoms with Gasteiger partial charge in [0.25, 0.3) is 5.91 Å². The summed E-state index contributed by atoms with van der Waals surface area (Å²) in [5, 5.41) is 9.77. The van der Waals surface area contributed by atoms with Gasteiger partial charge in [-0.1, -0.05) is 42.5 Å². The van der Waals surface area contributed by atoms with Crippen LogP contribution in [0.25, 0.3) is 28.3 Å². The lowest BCUT2D eigenvalue weighted by atomic mass is 9.90. The minimum atomic E-state index is -1.27. The van der Waals surface area contributed by atoms with Crippen LogP contribution >= 0.6 is 0 Å². The van der Waals surface area contributed by atoms with E-state index in [-0.39, 0.29) is 11.9 Å². The standard InChI is InChI=1S/C31H29N9O4/c1-31(20-9-4-3-5-10-20,29(42)38-16-14-37(15-17-38)23-12-7-6-11-21(23)28(41)43-2)40-27-22(19-33-40)26-34-25(24-13-8-18-44-24)36-39(26)30(32)35-27/h3-13,18-19H,14-17H2,1-2H3,(H2,32,35). The lowest BCUT2D eigenvalue weighted by Crippen LogP contribution is -2.56. The van der Waals surface area contributed by atoms with E-state index in [0.717, 1.165) is 11.3 Å². The third-order valence-electron chi connectivity index (χ3n) is 8.16. The molecule has 1 atom stereocenters. The van der Waals surface area contributed by atoms with Crippen molar-refractivity contribution < 1.29 is 18.7 Å². The van der Waals surface area contributed by atoms with Crippen molar-refractivity contribution in [3.8, 4) is 11.6 Å². The minimum absolute atomic E-state index is 0.0975. The number of amides is 1. The van der Waals surface area contributed by atoms with Crippen molar-refractivity contribution in [1.82, 2.24) is 34.3 Å². The highest BCUT2D eigenvalue weighted by molar-refractivity contribution is 5.96. The van der Waals surface area contributed by atoms with Gasteiger partial charge in [0, 0.05) is 26.2 Å². The van der Waals surface area contributed by atoms with Crippen LogP contribution in [0.2, 0.25) is 0 Å². The first-order chi connectivity index (χ1) is 21.4. The number of furan rings is 1. The van der Waals surface area contributed by atoms with E-state index >= 15 is 0 Å². The van der Waals surface area contributed by atoms with Gasteiger partial charge in [0.15, 0.2) is 22.6 Å². The molecule has 13 heteroatoms. The normalized spacial score (nSPS) is 15.0. The van der Waals surface area contributed by atoms with E-state index < -0.39 is 11.5 Å². The molecule has 222 valence electrons. The molecule has 0 spiro atoms. The molecule has 2 aromatic carbocycles. The molecule has 0 aliphatic carbocycles. The maximum Gasteiger partial charge on any atom is 0.339 e. The largest absolute Gasteiger partial charge is 0.465 e. The van der Waals surface area contributed by atoms with Crippen LogP contribution in [0.15, 0.2) is 83.6 Å². The first-order valence-electron chi connectivity index (χ1n) is 14.1. The summed E-state index contributed by atoms with van der Waals surface area (Å²) < 4.78 is 13.5. The molecule has 1 aliphatic rings. The van der Waals surface area contributed by atoms with E-state index in [1.807, 2.05) is 54.3 Å². The molecule has 5 heterocycles. The number of benzene rings is 2. The van der Waals surface area contributed by atoms with Crippen LogP contribution in [0.4, 0.5) is 11.6 Å². The molecule has 0 radical (unpaired) electrons. The quantitative estimate of drug-likeness (QED) is 0.286. The van der Waals surface area contributed by atoms with E-state index in [2.05, 4.69) is 20.0 Å². The Balaban J connectivity index is 1.26. The fourth-order valence-corrected chi connectivity index (χ4v) is 5.84. The van der Waals surface area contributed by atoms with Crippen molar-refractivity contribution in [1.29, 1.82) is 0 Å². The molecule has 4 aromatic heterocycles. The smallest absolute Gasteiger partial charge is 0.339 e. The predicted octanol–water partition coefficient (Wildman–Crippen LogP) is 3.22. The molecular weight excluding hydrogens is 562 g/mol. The lowest BCUT2D eigenvalue weighted by Gasteiger charge is -2.41. The second kappa shape index (κ2) is 10.5. The molecular formula is C31H29N9O4. The summed E-state index contributed by atoms with van der Waals surface area (Å²) in [6.45, 7) is 3.78. The highest BCUT2D eigenvalue weighted by Crippen LogP contribution is 2.34. The van der Waals surface area contributed by atoms with Gasteiger partial charge < -0.3 is 24.7 Å². The van der Waals surface area contributed by atoms with Crippen molar-refractivity contribution in [2.75, 3.05) is 43.9 Å². The number of carbonyl (C=O) groups excluding carboxylic acids is 2. The molecule has 0 saturated carbocycles. The summed E-state index contributed by atoms with van der Waals surface area (Å²) in [6, 6.07) is 20.3. The molecule has 2 N–H and O–H groups in total. The van der Waals surface area contributed by atoms with Crippen molar-refractivity contribution in [3.63, 3.8) is 0 Å². The number of rotatable bonds is 6. The zero-order valence-electron chi connectivity index (χ0n) is 24.1. The number of hydrogen-bond donors (Lipinski definition) is 1. The number of piperazine rings is 1. The Labute approximate surface area is 251 Å². The molecule has 0 bridgehead atoms. The zero-order valence-corrected chi connectivity index (χ0v) is 24.1. The highest BCUT2D eigenvalue weighted by Gasteiger charge is 2.43. The fourth-order valence-electron chi connectivity index (χ4n) is 5.84. The Hall–Kier alpha value is -5.72. The number of carbonyl (C=O) groups is 2. The maximum absolute atomic E-state index is 14.6.